The highest BCUT2D eigenvalue weighted by atomic mass is 35.5. The molecule has 3 aromatic rings. The lowest BCUT2D eigenvalue weighted by Crippen LogP contribution is -2.14. The van der Waals surface area contributed by atoms with Gasteiger partial charge in [0.25, 0.3) is 0 Å². The Hall–Kier alpha value is -1.78. The fraction of sp³-hybridized carbons (Fsp3) is 0. The van der Waals surface area contributed by atoms with Crippen LogP contribution in [-0.4, -0.2) is 14.5 Å². The fourth-order valence-corrected chi connectivity index (χ4v) is 2.06. The summed E-state index contributed by atoms with van der Waals surface area (Å²) >= 11 is 11.7. The third-order valence-electron chi connectivity index (χ3n) is 2.58. The van der Waals surface area contributed by atoms with Crippen LogP contribution in [0.3, 0.4) is 0 Å². The summed E-state index contributed by atoms with van der Waals surface area (Å²) < 4.78 is 1.46. The van der Waals surface area contributed by atoms with Gasteiger partial charge >= 0.3 is 5.69 Å². The lowest BCUT2D eigenvalue weighted by molar-refractivity contribution is 1.00. The van der Waals surface area contributed by atoms with Crippen molar-refractivity contribution in [1.29, 1.82) is 0 Å². The summed E-state index contributed by atoms with van der Waals surface area (Å²) in [6.07, 6.45) is 0. The topological polar surface area (TPSA) is 50.7 Å². The SMILES string of the molecule is O=c1[nH]c2ccc(Cl)nc2n1-c1ccc(Cl)cc1. The molecule has 0 aliphatic rings. The highest BCUT2D eigenvalue weighted by molar-refractivity contribution is 6.30. The van der Waals surface area contributed by atoms with E-state index < -0.39 is 0 Å². The third-order valence-corrected chi connectivity index (χ3v) is 3.04. The van der Waals surface area contributed by atoms with Crippen molar-refractivity contribution in [3.63, 3.8) is 0 Å². The van der Waals surface area contributed by atoms with Gasteiger partial charge in [0.1, 0.15) is 5.15 Å². The largest absolute Gasteiger partial charge is 0.332 e. The molecule has 0 spiro atoms. The van der Waals surface area contributed by atoms with E-state index in [4.69, 9.17) is 23.2 Å². The van der Waals surface area contributed by atoms with E-state index in [9.17, 15) is 4.79 Å². The van der Waals surface area contributed by atoms with Crippen LogP contribution in [0, 0.1) is 0 Å². The van der Waals surface area contributed by atoms with Crippen molar-refractivity contribution in [1.82, 2.24) is 14.5 Å². The van der Waals surface area contributed by atoms with Crippen LogP contribution in [0.1, 0.15) is 0 Å². The van der Waals surface area contributed by atoms with Crippen LogP contribution in [0.15, 0.2) is 41.2 Å². The first-order chi connectivity index (χ1) is 8.65. The van der Waals surface area contributed by atoms with Crippen molar-refractivity contribution in [2.75, 3.05) is 0 Å². The van der Waals surface area contributed by atoms with E-state index in [1.54, 1.807) is 36.4 Å². The number of pyridine rings is 1. The molecule has 90 valence electrons. The van der Waals surface area contributed by atoms with Crippen molar-refractivity contribution < 1.29 is 0 Å². The highest BCUT2D eigenvalue weighted by Crippen LogP contribution is 2.17. The van der Waals surface area contributed by atoms with Gasteiger partial charge in [-0.05, 0) is 36.4 Å². The van der Waals surface area contributed by atoms with Crippen molar-refractivity contribution in [3.05, 3.63) is 57.1 Å². The van der Waals surface area contributed by atoms with Crippen molar-refractivity contribution in [3.8, 4) is 5.69 Å². The van der Waals surface area contributed by atoms with Gasteiger partial charge in [0.2, 0.25) is 0 Å². The van der Waals surface area contributed by atoms with Gasteiger partial charge in [-0.25, -0.2) is 14.3 Å². The number of halogens is 2. The lowest BCUT2D eigenvalue weighted by atomic mass is 10.3. The molecule has 1 aromatic carbocycles. The molecule has 0 fully saturated rings. The quantitative estimate of drug-likeness (QED) is 0.696. The molecule has 0 saturated heterocycles. The van der Waals surface area contributed by atoms with Gasteiger partial charge in [0, 0.05) is 5.02 Å². The summed E-state index contributed by atoms with van der Waals surface area (Å²) in [5, 5.41) is 0.946. The van der Waals surface area contributed by atoms with E-state index >= 15 is 0 Å². The number of hydrogen-bond donors (Lipinski definition) is 1. The molecule has 2 aromatic heterocycles. The minimum Gasteiger partial charge on any atom is -0.304 e. The van der Waals surface area contributed by atoms with Crippen LogP contribution in [0.4, 0.5) is 0 Å². The number of aromatic nitrogens is 3. The van der Waals surface area contributed by atoms with Crippen molar-refractivity contribution >= 4 is 34.4 Å². The maximum Gasteiger partial charge on any atom is 0.332 e. The van der Waals surface area contributed by atoms with E-state index in [-0.39, 0.29) is 5.69 Å². The van der Waals surface area contributed by atoms with Gasteiger partial charge in [-0.15, -0.1) is 0 Å². The second-order valence-corrected chi connectivity index (χ2v) is 4.57. The number of rotatable bonds is 1. The number of nitrogens with one attached hydrogen (secondary N) is 1. The molecule has 6 heteroatoms. The minimum absolute atomic E-state index is 0.262. The van der Waals surface area contributed by atoms with Crippen LogP contribution in [0.2, 0.25) is 10.2 Å². The van der Waals surface area contributed by atoms with Crippen molar-refractivity contribution in [2.24, 2.45) is 0 Å². The summed E-state index contributed by atoms with van der Waals surface area (Å²) in [7, 11) is 0. The molecular formula is C12H7Cl2N3O. The average Bonchev–Trinajstić information content (AvgIpc) is 2.66. The Morgan fingerprint density at radius 2 is 1.78 bits per heavy atom. The van der Waals surface area contributed by atoms with Gasteiger partial charge in [0.15, 0.2) is 5.65 Å². The zero-order valence-corrected chi connectivity index (χ0v) is 10.5. The smallest absolute Gasteiger partial charge is 0.304 e. The molecule has 0 amide bonds. The molecule has 3 rings (SSSR count). The number of benzene rings is 1. The summed E-state index contributed by atoms with van der Waals surface area (Å²) in [4.78, 5) is 18.8. The molecule has 0 unspecified atom stereocenters. The molecule has 0 bridgehead atoms. The summed E-state index contributed by atoms with van der Waals surface area (Å²) in [6, 6.07) is 10.3. The Morgan fingerprint density at radius 3 is 2.50 bits per heavy atom. The predicted molar refractivity (Wildman–Crippen MR) is 71.7 cm³/mol. The summed E-state index contributed by atoms with van der Waals surface area (Å²) in [5.41, 5.74) is 1.56. The molecule has 0 atom stereocenters. The van der Waals surface area contributed by atoms with E-state index in [1.165, 1.54) is 4.57 Å². The first-order valence-corrected chi connectivity index (χ1v) is 5.94. The van der Waals surface area contributed by atoms with Crippen LogP contribution >= 0.6 is 23.2 Å². The Morgan fingerprint density at radius 1 is 1.06 bits per heavy atom. The number of imidazole rings is 1. The Labute approximate surface area is 112 Å². The maximum atomic E-state index is 11.9. The predicted octanol–water partition coefficient (Wildman–Crippen LogP) is 3.02. The Kier molecular flexibility index (Phi) is 2.61. The normalized spacial score (nSPS) is 11.0. The van der Waals surface area contributed by atoms with Crippen LogP contribution in [0.25, 0.3) is 16.9 Å². The minimum atomic E-state index is -0.262. The van der Waals surface area contributed by atoms with Gasteiger partial charge in [-0.3, -0.25) is 0 Å². The molecule has 0 aliphatic carbocycles. The fourth-order valence-electron chi connectivity index (χ4n) is 1.79. The molecule has 4 nitrogen and oxygen atoms in total. The lowest BCUT2D eigenvalue weighted by Gasteiger charge is -2.02. The summed E-state index contributed by atoms with van der Waals surface area (Å²) in [5.74, 6) is 0. The van der Waals surface area contributed by atoms with Gasteiger partial charge in [-0.1, -0.05) is 23.2 Å². The number of hydrogen-bond acceptors (Lipinski definition) is 2. The van der Waals surface area contributed by atoms with Gasteiger partial charge < -0.3 is 4.98 Å². The second-order valence-electron chi connectivity index (χ2n) is 3.75. The number of aromatic amines is 1. The second kappa shape index (κ2) is 4.15. The molecule has 0 saturated carbocycles. The average molecular weight is 280 g/mol. The Balaban J connectivity index is 2.34. The van der Waals surface area contributed by atoms with Crippen LogP contribution in [0.5, 0.6) is 0 Å². The standard InChI is InChI=1S/C12H7Cl2N3O/c13-7-1-3-8(4-2-7)17-11-9(15-12(17)18)5-6-10(14)16-11/h1-6H,(H,15,18). The maximum absolute atomic E-state index is 11.9. The monoisotopic (exact) mass is 279 g/mol. The van der Waals surface area contributed by atoms with Crippen LogP contribution < -0.4 is 5.69 Å². The third kappa shape index (κ3) is 1.79. The van der Waals surface area contributed by atoms with E-state index in [0.717, 1.165) is 0 Å². The first-order valence-electron chi connectivity index (χ1n) is 5.18. The number of nitrogens with zero attached hydrogens (tertiary/aromatic N) is 2. The molecular weight excluding hydrogens is 273 g/mol. The Bertz CT molecular complexity index is 774. The summed E-state index contributed by atoms with van der Waals surface area (Å²) in [6.45, 7) is 0. The van der Waals surface area contributed by atoms with E-state index in [0.29, 0.717) is 27.0 Å². The van der Waals surface area contributed by atoms with Gasteiger partial charge in [0.05, 0.1) is 11.2 Å². The molecule has 0 aliphatic heterocycles. The molecule has 1 N–H and O–H groups in total. The molecule has 2 heterocycles. The van der Waals surface area contributed by atoms with Crippen molar-refractivity contribution in [2.45, 2.75) is 0 Å². The molecule has 0 radical (unpaired) electrons. The number of fused-ring (bicyclic) bond motifs is 1. The van der Waals surface area contributed by atoms with Gasteiger partial charge in [-0.2, -0.15) is 0 Å². The zero-order chi connectivity index (χ0) is 12.7. The van der Waals surface area contributed by atoms with Crippen LogP contribution in [-0.2, 0) is 0 Å². The van der Waals surface area contributed by atoms with E-state index in [2.05, 4.69) is 9.97 Å². The first kappa shape index (κ1) is 11.3. The zero-order valence-electron chi connectivity index (χ0n) is 9.02. The molecule has 18 heavy (non-hydrogen) atoms. The number of H-pyrrole nitrogens is 1. The van der Waals surface area contributed by atoms with E-state index in [1.807, 2.05) is 0 Å². The highest BCUT2D eigenvalue weighted by Gasteiger charge is 2.10.